The minimum Gasteiger partial charge on any atom is -0.541 e. The molecule has 0 aliphatic heterocycles. The number of benzene rings is 5. The number of phenolic OH excluding ortho intramolecular Hbond substituents is 6. The van der Waals surface area contributed by atoms with E-state index in [-0.39, 0.29) is 33.9 Å². The Labute approximate surface area is 472 Å². The fraction of sp³-hybridized carbons (Fsp3) is 0.417. The molecule has 5 aromatic rings. The highest BCUT2D eigenvalue weighted by atomic mass is 28.4. The number of hydrogen-bond donors (Lipinski definition) is 6. The average molecular weight is 1150 g/mol. The number of carbonyl (C=O) groups is 1. The van der Waals surface area contributed by atoms with Crippen LogP contribution in [0.4, 0.5) is 0 Å². The number of aromatic hydroxyl groups is 6. The van der Waals surface area contributed by atoms with Crippen LogP contribution in [0.15, 0.2) is 60.7 Å². The van der Waals surface area contributed by atoms with E-state index in [4.69, 9.17) is 57.0 Å². The molecule has 436 valence electrons. The van der Waals surface area contributed by atoms with Crippen LogP contribution >= 0.6 is 0 Å². The SMILES string of the molecule is C.COc1cc(/C=C\c2ccc(O)c(O)c2O)cc(OC)c1OC.COc1cc(/C=C\c2ccc(O[Si](C)(C)C(C)(C)C)c(O[Si](C)(C)C(C)(C)C)c2O[Si](C)(C)C(C)(C)C)cc(OC)c1OC.O=Cc1ccc(O)c(O)c1O. The molecule has 0 unspecified atom stereocenters. The van der Waals surface area contributed by atoms with E-state index >= 15 is 0 Å². The highest BCUT2D eigenvalue weighted by Crippen LogP contribution is 2.52. The van der Waals surface area contributed by atoms with E-state index in [0.717, 1.165) is 40.0 Å². The second-order valence-corrected chi connectivity index (χ2v) is 37.0. The predicted molar refractivity (Wildman–Crippen MR) is 325 cm³/mol. The molecule has 0 radical (unpaired) electrons. The largest absolute Gasteiger partial charge is 0.541 e. The van der Waals surface area contributed by atoms with Gasteiger partial charge in [-0.25, -0.2) is 0 Å². The first kappa shape index (κ1) is 68.0. The molecular formula is C60H88O16Si3. The van der Waals surface area contributed by atoms with Crippen molar-refractivity contribution >= 4 is 55.5 Å². The molecule has 79 heavy (non-hydrogen) atoms. The summed E-state index contributed by atoms with van der Waals surface area (Å²) in [6.45, 7) is 34.0. The molecule has 0 fully saturated rings. The standard InChI is InChI=1S/C35H60O6Si3.C17H18O6.C7H6O4.CH4/c1-33(2,3)42(13,14)39-27-22-21-26(20-19-25-23-28(36-10)31(38-12)29(24-25)37-11)30(40-43(15,16)34(4,5)6)32(27)41-44(17,18)35(7,8)9;1-21-13-8-10(9-14(22-2)17(13)23-3)4-5-11-6-7-12(18)16(20)15(11)19;8-3-4-1-2-5(9)7(11)6(4)10;/h19-24H,1-18H3;4-9,18-20H,1-3H3;1-3,9-11H;1H4/b20-19-;5-4-;;. The summed E-state index contributed by atoms with van der Waals surface area (Å²) in [7, 11) is 2.63. The quantitative estimate of drug-likeness (QED) is 0.0221. The van der Waals surface area contributed by atoms with Gasteiger partial charge in [0.15, 0.2) is 63.8 Å². The number of methoxy groups -OCH3 is 6. The molecule has 0 aliphatic carbocycles. The van der Waals surface area contributed by atoms with Crippen molar-refractivity contribution in [2.45, 2.75) is 124 Å². The van der Waals surface area contributed by atoms with Crippen molar-refractivity contribution < 1.29 is 77.1 Å². The fourth-order valence-corrected chi connectivity index (χ4v) is 9.44. The van der Waals surface area contributed by atoms with E-state index in [0.29, 0.717) is 46.3 Å². The van der Waals surface area contributed by atoms with Crippen molar-refractivity contribution in [2.24, 2.45) is 0 Å². The van der Waals surface area contributed by atoms with Gasteiger partial charge < -0.3 is 72.3 Å². The molecule has 0 aliphatic rings. The lowest BCUT2D eigenvalue weighted by Gasteiger charge is -2.42. The molecule has 6 N–H and O–H groups in total. The third-order valence-corrected chi connectivity index (χ3v) is 27.3. The Morgan fingerprint density at radius 3 is 1.03 bits per heavy atom. The molecule has 0 heterocycles. The van der Waals surface area contributed by atoms with Gasteiger partial charge in [-0.3, -0.25) is 4.79 Å². The maximum absolute atomic E-state index is 10.1. The summed E-state index contributed by atoms with van der Waals surface area (Å²) in [6.07, 6.45) is 7.81. The number of ether oxygens (including phenoxy) is 6. The first-order chi connectivity index (χ1) is 36.0. The van der Waals surface area contributed by atoms with Crippen LogP contribution in [-0.4, -0.2) is 105 Å². The zero-order valence-electron chi connectivity index (χ0n) is 49.4. The van der Waals surface area contributed by atoms with Crippen LogP contribution in [0, 0.1) is 0 Å². The Balaban J connectivity index is 0.000000500. The Kier molecular flexibility index (Phi) is 23.4. The Hall–Kier alpha value is -7.10. The maximum atomic E-state index is 10.1. The van der Waals surface area contributed by atoms with E-state index in [1.54, 1.807) is 45.6 Å². The van der Waals surface area contributed by atoms with Crippen LogP contribution in [-0.2, 0) is 0 Å². The lowest BCUT2D eigenvalue weighted by Crippen LogP contribution is -2.47. The highest BCUT2D eigenvalue weighted by molar-refractivity contribution is 6.76. The van der Waals surface area contributed by atoms with Gasteiger partial charge in [-0.05, 0) is 126 Å². The molecule has 0 saturated heterocycles. The van der Waals surface area contributed by atoms with E-state index in [1.165, 1.54) is 39.5 Å². The summed E-state index contributed by atoms with van der Waals surface area (Å²) in [5.74, 6) is 2.44. The van der Waals surface area contributed by atoms with Crippen molar-refractivity contribution in [1.82, 2.24) is 0 Å². The molecule has 0 bridgehead atoms. The van der Waals surface area contributed by atoms with Crippen molar-refractivity contribution in [3.63, 3.8) is 0 Å². The van der Waals surface area contributed by atoms with Crippen molar-refractivity contribution in [2.75, 3.05) is 42.7 Å². The molecule has 0 saturated carbocycles. The zero-order valence-corrected chi connectivity index (χ0v) is 52.4. The van der Waals surface area contributed by atoms with Gasteiger partial charge in [0.25, 0.3) is 25.0 Å². The summed E-state index contributed by atoms with van der Waals surface area (Å²) in [5, 5.41) is 55.2. The Morgan fingerprint density at radius 1 is 0.367 bits per heavy atom. The number of hydrogen-bond acceptors (Lipinski definition) is 16. The van der Waals surface area contributed by atoms with Crippen LogP contribution < -0.4 is 41.7 Å². The van der Waals surface area contributed by atoms with Gasteiger partial charge >= 0.3 is 0 Å². The van der Waals surface area contributed by atoms with E-state index < -0.39 is 53.7 Å². The number of phenols is 6. The third kappa shape index (κ3) is 16.7. The third-order valence-electron chi connectivity index (χ3n) is 14.3. The molecule has 0 amide bonds. The van der Waals surface area contributed by atoms with Crippen LogP contribution in [0.25, 0.3) is 24.3 Å². The molecule has 16 nitrogen and oxygen atoms in total. The molecular weight excluding hydrogens is 1060 g/mol. The van der Waals surface area contributed by atoms with E-state index in [2.05, 4.69) is 120 Å². The van der Waals surface area contributed by atoms with Crippen molar-refractivity contribution in [3.8, 4) is 86.2 Å². The Morgan fingerprint density at radius 2 is 0.684 bits per heavy atom. The lowest BCUT2D eigenvalue weighted by molar-refractivity contribution is 0.112. The van der Waals surface area contributed by atoms with Crippen molar-refractivity contribution in [1.29, 1.82) is 0 Å². The first-order valence-corrected chi connectivity index (χ1v) is 33.9. The van der Waals surface area contributed by atoms with Crippen LogP contribution in [0.2, 0.25) is 54.4 Å². The summed E-state index contributed by atoms with van der Waals surface area (Å²) >= 11 is 0. The smallest absolute Gasteiger partial charge is 0.250 e. The molecule has 0 aromatic heterocycles. The van der Waals surface area contributed by atoms with Crippen LogP contribution in [0.5, 0.6) is 86.2 Å². The van der Waals surface area contributed by atoms with Crippen molar-refractivity contribution in [3.05, 3.63) is 88.5 Å². The Bertz CT molecular complexity index is 2870. The van der Waals surface area contributed by atoms with Crippen LogP contribution in [0.3, 0.4) is 0 Å². The molecule has 5 rings (SSSR count). The monoisotopic (exact) mass is 1150 g/mol. The van der Waals surface area contributed by atoms with E-state index in [1.807, 2.05) is 18.2 Å². The topological polar surface area (TPSA) is 222 Å². The predicted octanol–water partition coefficient (Wildman–Crippen LogP) is 15.3. The summed E-state index contributed by atoms with van der Waals surface area (Å²) in [5.41, 5.74) is 2.88. The first-order valence-electron chi connectivity index (χ1n) is 25.1. The molecule has 0 atom stereocenters. The van der Waals surface area contributed by atoms with Gasteiger partial charge in [0, 0.05) is 11.1 Å². The maximum Gasteiger partial charge on any atom is 0.250 e. The second-order valence-electron chi connectivity index (χ2n) is 22.8. The van der Waals surface area contributed by atoms with Gasteiger partial charge in [0.2, 0.25) is 23.0 Å². The van der Waals surface area contributed by atoms with Gasteiger partial charge in [0.05, 0.1) is 48.2 Å². The minimum atomic E-state index is -2.30. The number of rotatable bonds is 17. The molecule has 5 aromatic carbocycles. The summed E-state index contributed by atoms with van der Waals surface area (Å²) in [4.78, 5) is 10.1. The zero-order chi connectivity index (χ0) is 59.5. The average Bonchev–Trinajstić information content (AvgIpc) is 3.36. The number of carbonyl (C=O) groups excluding carboxylic acids is 1. The van der Waals surface area contributed by atoms with Gasteiger partial charge in [-0.2, -0.15) is 0 Å². The van der Waals surface area contributed by atoms with E-state index in [9.17, 15) is 20.1 Å². The van der Waals surface area contributed by atoms with Crippen LogP contribution in [0.1, 0.15) is 102 Å². The normalized spacial score (nSPS) is 12.0. The van der Waals surface area contributed by atoms with Gasteiger partial charge in [0.1, 0.15) is 5.75 Å². The summed E-state index contributed by atoms with van der Waals surface area (Å²) < 4.78 is 53.9. The molecule has 0 spiro atoms. The minimum absolute atomic E-state index is 0. The fourth-order valence-electron chi connectivity index (χ4n) is 6.38. The van der Waals surface area contributed by atoms with Gasteiger partial charge in [-0.15, -0.1) is 0 Å². The number of aldehydes is 1. The van der Waals surface area contributed by atoms with Gasteiger partial charge in [-0.1, -0.05) is 94.0 Å². The molecule has 19 heteroatoms. The lowest BCUT2D eigenvalue weighted by atomic mass is 10.1. The summed E-state index contributed by atoms with van der Waals surface area (Å²) in [6, 6.07) is 16.6. The second kappa shape index (κ2) is 27.2. The highest BCUT2D eigenvalue weighted by Gasteiger charge is 2.45.